The fourth-order valence-corrected chi connectivity index (χ4v) is 2.17. The number of hydrogen-bond acceptors (Lipinski definition) is 3. The maximum absolute atomic E-state index is 11.8. The molecule has 4 heteroatoms. The summed E-state index contributed by atoms with van der Waals surface area (Å²) in [7, 11) is 0. The van der Waals surface area contributed by atoms with Gasteiger partial charge >= 0.3 is 0 Å². The first-order chi connectivity index (χ1) is 11.6. The van der Waals surface area contributed by atoms with Crippen molar-refractivity contribution in [2.45, 2.75) is 26.9 Å². The van der Waals surface area contributed by atoms with E-state index in [1.54, 1.807) is 0 Å². The van der Waals surface area contributed by atoms with Crippen molar-refractivity contribution < 1.29 is 9.53 Å². The van der Waals surface area contributed by atoms with E-state index in [2.05, 4.69) is 24.5 Å². The first-order valence-corrected chi connectivity index (χ1v) is 8.41. The van der Waals surface area contributed by atoms with Crippen LogP contribution in [0.2, 0.25) is 0 Å². The van der Waals surface area contributed by atoms with E-state index in [1.807, 2.05) is 54.6 Å². The molecule has 0 unspecified atom stereocenters. The van der Waals surface area contributed by atoms with Crippen LogP contribution in [-0.4, -0.2) is 19.0 Å². The molecule has 0 heterocycles. The van der Waals surface area contributed by atoms with E-state index in [4.69, 9.17) is 4.74 Å². The zero-order chi connectivity index (χ0) is 17.2. The largest absolute Gasteiger partial charge is 0.489 e. The molecule has 128 valence electrons. The molecule has 1 amide bonds. The highest BCUT2D eigenvalue weighted by atomic mass is 16.5. The standard InChI is InChI=1S/C20H26N2O2/c1-16(2)12-13-21-14-20(23)22-18-8-10-19(11-9-18)24-15-17-6-4-3-5-7-17/h3-11,16,21H,12-15H2,1-2H3,(H,22,23). The Morgan fingerprint density at radius 3 is 2.42 bits per heavy atom. The SMILES string of the molecule is CC(C)CCNCC(=O)Nc1ccc(OCc2ccccc2)cc1. The smallest absolute Gasteiger partial charge is 0.238 e. The number of anilines is 1. The van der Waals surface area contributed by atoms with Crippen LogP contribution in [0.15, 0.2) is 54.6 Å². The summed E-state index contributed by atoms with van der Waals surface area (Å²) in [5.41, 5.74) is 1.90. The second-order valence-corrected chi connectivity index (χ2v) is 6.21. The summed E-state index contributed by atoms with van der Waals surface area (Å²) in [5.74, 6) is 1.40. The summed E-state index contributed by atoms with van der Waals surface area (Å²) < 4.78 is 5.73. The van der Waals surface area contributed by atoms with Crippen LogP contribution in [0.5, 0.6) is 5.75 Å². The Balaban J connectivity index is 1.72. The maximum atomic E-state index is 11.8. The average molecular weight is 326 g/mol. The summed E-state index contributed by atoms with van der Waals surface area (Å²) >= 11 is 0. The number of hydrogen-bond donors (Lipinski definition) is 2. The minimum absolute atomic E-state index is 0.0308. The second kappa shape index (κ2) is 9.73. The minimum Gasteiger partial charge on any atom is -0.489 e. The first kappa shape index (κ1) is 18.0. The molecule has 0 fully saturated rings. The van der Waals surface area contributed by atoms with Gasteiger partial charge < -0.3 is 15.4 Å². The molecule has 4 nitrogen and oxygen atoms in total. The number of carbonyl (C=O) groups excluding carboxylic acids is 1. The molecule has 0 bridgehead atoms. The summed E-state index contributed by atoms with van der Waals surface area (Å²) in [6.45, 7) is 6.06. The fraction of sp³-hybridized carbons (Fsp3) is 0.350. The summed E-state index contributed by atoms with van der Waals surface area (Å²) in [4.78, 5) is 11.8. The van der Waals surface area contributed by atoms with Crippen molar-refractivity contribution in [2.75, 3.05) is 18.4 Å². The van der Waals surface area contributed by atoms with Gasteiger partial charge in [-0.05, 0) is 48.7 Å². The Bertz CT molecular complexity index is 609. The van der Waals surface area contributed by atoms with Gasteiger partial charge in [-0.2, -0.15) is 0 Å². The number of ether oxygens (including phenoxy) is 1. The highest BCUT2D eigenvalue weighted by Crippen LogP contribution is 2.17. The van der Waals surface area contributed by atoms with Gasteiger partial charge in [0, 0.05) is 5.69 Å². The van der Waals surface area contributed by atoms with Gasteiger partial charge in [0.05, 0.1) is 6.54 Å². The van der Waals surface area contributed by atoms with Crippen LogP contribution < -0.4 is 15.4 Å². The van der Waals surface area contributed by atoms with Crippen LogP contribution in [0.25, 0.3) is 0 Å². The lowest BCUT2D eigenvalue weighted by Gasteiger charge is -2.09. The highest BCUT2D eigenvalue weighted by Gasteiger charge is 2.03. The molecule has 0 saturated carbocycles. The number of nitrogens with one attached hydrogen (secondary N) is 2. The zero-order valence-corrected chi connectivity index (χ0v) is 14.4. The van der Waals surface area contributed by atoms with Crippen molar-refractivity contribution in [1.82, 2.24) is 5.32 Å². The van der Waals surface area contributed by atoms with Crippen molar-refractivity contribution in [3.8, 4) is 5.75 Å². The van der Waals surface area contributed by atoms with Gasteiger partial charge in [0.1, 0.15) is 12.4 Å². The molecule has 0 atom stereocenters. The number of benzene rings is 2. The summed E-state index contributed by atoms with van der Waals surface area (Å²) in [5, 5.41) is 6.02. The molecule has 0 aliphatic rings. The van der Waals surface area contributed by atoms with Crippen LogP contribution >= 0.6 is 0 Å². The Labute approximate surface area is 144 Å². The van der Waals surface area contributed by atoms with Crippen molar-refractivity contribution in [1.29, 1.82) is 0 Å². The number of carbonyl (C=O) groups is 1. The van der Waals surface area contributed by atoms with Crippen molar-refractivity contribution in [2.24, 2.45) is 5.92 Å². The van der Waals surface area contributed by atoms with Crippen LogP contribution in [0.1, 0.15) is 25.8 Å². The second-order valence-electron chi connectivity index (χ2n) is 6.21. The summed E-state index contributed by atoms with van der Waals surface area (Å²) in [6, 6.07) is 17.5. The van der Waals surface area contributed by atoms with Crippen molar-refractivity contribution in [3.05, 3.63) is 60.2 Å². The van der Waals surface area contributed by atoms with Gasteiger partial charge in [0.25, 0.3) is 0 Å². The Kier molecular flexibility index (Phi) is 7.30. The van der Waals surface area contributed by atoms with E-state index in [0.717, 1.165) is 30.0 Å². The lowest BCUT2D eigenvalue weighted by molar-refractivity contribution is -0.115. The third kappa shape index (κ3) is 6.84. The quantitative estimate of drug-likeness (QED) is 0.688. The van der Waals surface area contributed by atoms with Gasteiger partial charge in [-0.3, -0.25) is 4.79 Å². The van der Waals surface area contributed by atoms with E-state index < -0.39 is 0 Å². The minimum atomic E-state index is -0.0308. The predicted octanol–water partition coefficient (Wildman–Crippen LogP) is 3.84. The van der Waals surface area contributed by atoms with Gasteiger partial charge in [-0.1, -0.05) is 44.2 Å². The van der Waals surface area contributed by atoms with E-state index >= 15 is 0 Å². The van der Waals surface area contributed by atoms with Crippen LogP contribution in [-0.2, 0) is 11.4 Å². The Hall–Kier alpha value is -2.33. The van der Waals surface area contributed by atoms with Gasteiger partial charge in [0.15, 0.2) is 0 Å². The van der Waals surface area contributed by atoms with Crippen LogP contribution in [0.3, 0.4) is 0 Å². The third-order valence-electron chi connectivity index (χ3n) is 3.57. The average Bonchev–Trinajstić information content (AvgIpc) is 2.59. The molecule has 0 aliphatic heterocycles. The molecule has 0 radical (unpaired) electrons. The van der Waals surface area contributed by atoms with Gasteiger partial charge in [-0.15, -0.1) is 0 Å². The summed E-state index contributed by atoms with van der Waals surface area (Å²) in [6.07, 6.45) is 1.07. The number of rotatable bonds is 9. The fourth-order valence-electron chi connectivity index (χ4n) is 2.17. The van der Waals surface area contributed by atoms with Crippen molar-refractivity contribution >= 4 is 11.6 Å². The van der Waals surface area contributed by atoms with E-state index in [-0.39, 0.29) is 5.91 Å². The van der Waals surface area contributed by atoms with Gasteiger partial charge in [0.2, 0.25) is 5.91 Å². The van der Waals surface area contributed by atoms with E-state index in [1.165, 1.54) is 0 Å². The predicted molar refractivity (Wildman–Crippen MR) is 98.2 cm³/mol. The molecular formula is C20H26N2O2. The Morgan fingerprint density at radius 1 is 1.04 bits per heavy atom. The zero-order valence-electron chi connectivity index (χ0n) is 14.4. The first-order valence-electron chi connectivity index (χ1n) is 8.41. The van der Waals surface area contributed by atoms with E-state index in [9.17, 15) is 4.79 Å². The molecule has 2 aromatic carbocycles. The van der Waals surface area contributed by atoms with Crippen LogP contribution in [0, 0.1) is 5.92 Å². The van der Waals surface area contributed by atoms with Crippen LogP contribution in [0.4, 0.5) is 5.69 Å². The molecular weight excluding hydrogens is 300 g/mol. The topological polar surface area (TPSA) is 50.4 Å². The normalized spacial score (nSPS) is 10.6. The molecule has 2 N–H and O–H groups in total. The molecule has 0 aromatic heterocycles. The molecule has 0 aliphatic carbocycles. The third-order valence-corrected chi connectivity index (χ3v) is 3.57. The lowest BCUT2D eigenvalue weighted by atomic mass is 10.1. The number of amides is 1. The maximum Gasteiger partial charge on any atom is 0.238 e. The monoisotopic (exact) mass is 326 g/mol. The van der Waals surface area contributed by atoms with Gasteiger partial charge in [-0.25, -0.2) is 0 Å². The van der Waals surface area contributed by atoms with E-state index in [0.29, 0.717) is 19.1 Å². The van der Waals surface area contributed by atoms with Crippen molar-refractivity contribution in [3.63, 3.8) is 0 Å². The molecule has 0 saturated heterocycles. The molecule has 2 rings (SSSR count). The highest BCUT2D eigenvalue weighted by molar-refractivity contribution is 5.92. The molecule has 24 heavy (non-hydrogen) atoms. The molecule has 2 aromatic rings. The Morgan fingerprint density at radius 2 is 1.75 bits per heavy atom. The lowest BCUT2D eigenvalue weighted by Crippen LogP contribution is -2.29. The molecule has 0 spiro atoms.